The molecule has 3 heterocycles. The van der Waals surface area contributed by atoms with Gasteiger partial charge in [-0.05, 0) is 41.8 Å². The van der Waals surface area contributed by atoms with Gasteiger partial charge < -0.3 is 25.8 Å². The number of nitrogens with zero attached hydrogens (tertiary/aromatic N) is 2. The molecule has 0 amide bonds. The van der Waals surface area contributed by atoms with Crippen molar-refractivity contribution in [3.8, 4) is 22.8 Å². The zero-order valence-corrected chi connectivity index (χ0v) is 14.7. The summed E-state index contributed by atoms with van der Waals surface area (Å²) in [5.41, 5.74) is 11.4. The van der Waals surface area contributed by atoms with E-state index in [4.69, 9.17) is 15.2 Å². The van der Waals surface area contributed by atoms with Crippen LogP contribution < -0.4 is 25.8 Å². The van der Waals surface area contributed by atoms with E-state index in [2.05, 4.69) is 38.8 Å². The van der Waals surface area contributed by atoms with Gasteiger partial charge in [0, 0.05) is 30.4 Å². The third kappa shape index (κ3) is 3.08. The summed E-state index contributed by atoms with van der Waals surface area (Å²) in [4.78, 5) is 8.71. The Kier molecular flexibility index (Phi) is 3.71. The zero-order valence-electron chi connectivity index (χ0n) is 14.7. The lowest BCUT2D eigenvalue weighted by Gasteiger charge is -2.10. The van der Waals surface area contributed by atoms with E-state index in [1.807, 2.05) is 24.3 Å². The van der Waals surface area contributed by atoms with Crippen LogP contribution in [0.2, 0.25) is 0 Å². The molecule has 0 fully saturated rings. The third-order valence-electron chi connectivity index (χ3n) is 4.76. The van der Waals surface area contributed by atoms with Crippen molar-refractivity contribution < 1.29 is 9.47 Å². The Labute approximate surface area is 156 Å². The monoisotopic (exact) mass is 361 g/mol. The van der Waals surface area contributed by atoms with E-state index in [0.717, 1.165) is 41.3 Å². The number of hydrogen-bond acceptors (Lipinski definition) is 7. The minimum absolute atomic E-state index is 0.249. The predicted octanol–water partition coefficient (Wildman–Crippen LogP) is 3.03. The number of ether oxygens (including phenoxy) is 2. The molecule has 0 atom stereocenters. The molecule has 1 aromatic heterocycles. The Morgan fingerprint density at radius 1 is 1.04 bits per heavy atom. The summed E-state index contributed by atoms with van der Waals surface area (Å²) in [5, 5.41) is 6.68. The maximum Gasteiger partial charge on any atom is 0.231 e. The number of nitrogens with one attached hydrogen (secondary N) is 2. The van der Waals surface area contributed by atoms with Crippen molar-refractivity contribution in [2.75, 3.05) is 29.7 Å². The van der Waals surface area contributed by atoms with Gasteiger partial charge in [-0.15, -0.1) is 0 Å². The van der Waals surface area contributed by atoms with Crippen molar-refractivity contribution in [3.05, 3.63) is 53.6 Å². The van der Waals surface area contributed by atoms with Gasteiger partial charge in [-0.2, -0.15) is 4.98 Å². The molecule has 0 spiro atoms. The molecular formula is C20H19N5O2. The molecule has 2 aliphatic rings. The highest BCUT2D eigenvalue weighted by molar-refractivity contribution is 5.70. The first-order valence-corrected chi connectivity index (χ1v) is 8.89. The summed E-state index contributed by atoms with van der Waals surface area (Å²) in [5.74, 6) is 2.48. The van der Waals surface area contributed by atoms with Crippen LogP contribution in [0.4, 0.5) is 17.5 Å². The van der Waals surface area contributed by atoms with Gasteiger partial charge in [-0.3, -0.25) is 0 Å². The van der Waals surface area contributed by atoms with E-state index in [-0.39, 0.29) is 12.7 Å². The van der Waals surface area contributed by atoms with Gasteiger partial charge in [0.2, 0.25) is 12.7 Å². The Morgan fingerprint density at radius 3 is 2.93 bits per heavy atom. The molecule has 4 N–H and O–H groups in total. The van der Waals surface area contributed by atoms with E-state index in [1.54, 1.807) is 0 Å². The number of rotatable bonds is 4. The normalized spacial score (nSPS) is 13.9. The summed E-state index contributed by atoms with van der Waals surface area (Å²) in [6.45, 7) is 1.85. The fourth-order valence-electron chi connectivity index (χ4n) is 3.41. The minimum Gasteiger partial charge on any atom is -0.454 e. The van der Waals surface area contributed by atoms with Gasteiger partial charge in [0.25, 0.3) is 0 Å². The molecule has 0 unspecified atom stereocenters. The van der Waals surface area contributed by atoms with E-state index < -0.39 is 0 Å². The van der Waals surface area contributed by atoms with Crippen LogP contribution in [0, 0.1) is 0 Å². The molecule has 136 valence electrons. The number of anilines is 3. The van der Waals surface area contributed by atoms with E-state index in [9.17, 15) is 0 Å². The number of benzene rings is 2. The first-order valence-electron chi connectivity index (χ1n) is 8.89. The third-order valence-corrected chi connectivity index (χ3v) is 4.76. The second-order valence-electron chi connectivity index (χ2n) is 6.59. The van der Waals surface area contributed by atoms with E-state index in [1.165, 1.54) is 11.3 Å². The fraction of sp³-hybridized carbons (Fsp3) is 0.200. The first kappa shape index (κ1) is 15.7. The van der Waals surface area contributed by atoms with Crippen LogP contribution in [0.3, 0.4) is 0 Å². The zero-order chi connectivity index (χ0) is 18.2. The average Bonchev–Trinajstić information content (AvgIpc) is 3.33. The van der Waals surface area contributed by atoms with Crippen LogP contribution in [0.15, 0.2) is 42.5 Å². The molecule has 5 rings (SSSR count). The molecule has 2 aliphatic heterocycles. The van der Waals surface area contributed by atoms with Crippen molar-refractivity contribution in [1.29, 1.82) is 0 Å². The highest BCUT2D eigenvalue weighted by Crippen LogP contribution is 2.33. The lowest BCUT2D eigenvalue weighted by molar-refractivity contribution is 0.174. The molecule has 0 bridgehead atoms. The van der Waals surface area contributed by atoms with Gasteiger partial charge in [0.05, 0.1) is 5.69 Å². The second kappa shape index (κ2) is 6.35. The van der Waals surface area contributed by atoms with Crippen LogP contribution in [0.25, 0.3) is 11.3 Å². The Hall–Kier alpha value is -3.48. The Morgan fingerprint density at radius 2 is 1.96 bits per heavy atom. The lowest BCUT2D eigenvalue weighted by Crippen LogP contribution is -2.05. The van der Waals surface area contributed by atoms with Crippen molar-refractivity contribution in [1.82, 2.24) is 9.97 Å². The number of aromatic nitrogens is 2. The minimum atomic E-state index is 0.249. The molecular weight excluding hydrogens is 342 g/mol. The van der Waals surface area contributed by atoms with Crippen LogP contribution in [-0.4, -0.2) is 23.3 Å². The maximum atomic E-state index is 5.94. The SMILES string of the molecule is Nc1nc(NCc2ccc3c(c2)OCO3)cc(-c2ccc3c(c2)CCN3)n1. The molecule has 7 nitrogen and oxygen atoms in total. The van der Waals surface area contributed by atoms with Crippen LogP contribution in [0.5, 0.6) is 11.5 Å². The van der Waals surface area contributed by atoms with Gasteiger partial charge in [0.15, 0.2) is 11.5 Å². The molecule has 27 heavy (non-hydrogen) atoms. The van der Waals surface area contributed by atoms with Gasteiger partial charge in [0.1, 0.15) is 5.82 Å². The average molecular weight is 361 g/mol. The molecule has 7 heteroatoms. The second-order valence-corrected chi connectivity index (χ2v) is 6.59. The Balaban J connectivity index is 1.37. The fourth-order valence-corrected chi connectivity index (χ4v) is 3.41. The van der Waals surface area contributed by atoms with Crippen molar-refractivity contribution in [2.45, 2.75) is 13.0 Å². The molecule has 2 aromatic carbocycles. The quantitative estimate of drug-likeness (QED) is 0.657. The molecule has 0 radical (unpaired) electrons. The highest BCUT2D eigenvalue weighted by atomic mass is 16.7. The van der Waals surface area contributed by atoms with E-state index in [0.29, 0.717) is 12.4 Å². The molecule has 3 aromatic rings. The number of fused-ring (bicyclic) bond motifs is 2. The largest absolute Gasteiger partial charge is 0.454 e. The van der Waals surface area contributed by atoms with Gasteiger partial charge in [-0.25, -0.2) is 4.98 Å². The highest BCUT2D eigenvalue weighted by Gasteiger charge is 2.14. The summed E-state index contributed by atoms with van der Waals surface area (Å²) in [6.07, 6.45) is 1.03. The van der Waals surface area contributed by atoms with Crippen molar-refractivity contribution in [3.63, 3.8) is 0 Å². The standard InChI is InChI=1S/C20H19N5O2/c21-20-24-16(13-2-3-15-14(8-13)5-6-22-15)9-19(25-20)23-10-12-1-4-17-18(7-12)27-11-26-17/h1-4,7-9,22H,5-6,10-11H2,(H3,21,23,24,25). The van der Waals surface area contributed by atoms with Crippen LogP contribution in [0.1, 0.15) is 11.1 Å². The van der Waals surface area contributed by atoms with Crippen molar-refractivity contribution >= 4 is 17.5 Å². The van der Waals surface area contributed by atoms with Gasteiger partial charge in [-0.1, -0.05) is 12.1 Å². The number of nitrogen functional groups attached to an aromatic ring is 1. The molecule has 0 aliphatic carbocycles. The Bertz CT molecular complexity index is 1020. The molecule has 0 saturated carbocycles. The smallest absolute Gasteiger partial charge is 0.231 e. The number of hydrogen-bond donors (Lipinski definition) is 3. The number of nitrogens with two attached hydrogens (primary N) is 1. The van der Waals surface area contributed by atoms with E-state index >= 15 is 0 Å². The first-order chi connectivity index (χ1) is 13.2. The maximum absolute atomic E-state index is 5.94. The van der Waals surface area contributed by atoms with Crippen LogP contribution in [-0.2, 0) is 13.0 Å². The predicted molar refractivity (Wildman–Crippen MR) is 104 cm³/mol. The van der Waals surface area contributed by atoms with Crippen molar-refractivity contribution in [2.24, 2.45) is 0 Å². The summed E-state index contributed by atoms with van der Waals surface area (Å²) in [7, 11) is 0. The lowest BCUT2D eigenvalue weighted by atomic mass is 10.1. The topological polar surface area (TPSA) is 94.3 Å². The summed E-state index contributed by atoms with van der Waals surface area (Å²) in [6, 6.07) is 14.1. The molecule has 0 saturated heterocycles. The summed E-state index contributed by atoms with van der Waals surface area (Å²) < 4.78 is 10.8. The van der Waals surface area contributed by atoms with Gasteiger partial charge >= 0.3 is 0 Å². The van der Waals surface area contributed by atoms with Crippen LogP contribution >= 0.6 is 0 Å². The summed E-state index contributed by atoms with van der Waals surface area (Å²) >= 11 is 0.